The van der Waals surface area contributed by atoms with E-state index in [9.17, 15) is 4.79 Å². The summed E-state index contributed by atoms with van der Waals surface area (Å²) in [4.78, 5) is 14.6. The molecule has 1 aliphatic heterocycles. The molecule has 0 radical (unpaired) electrons. The summed E-state index contributed by atoms with van der Waals surface area (Å²) in [6.45, 7) is 9.11. The van der Waals surface area contributed by atoms with Crippen LogP contribution in [0.5, 0.6) is 0 Å². The van der Waals surface area contributed by atoms with Crippen molar-refractivity contribution in [1.82, 2.24) is 10.2 Å². The fourth-order valence-electron chi connectivity index (χ4n) is 4.30. The first-order chi connectivity index (χ1) is 11.8. The molecule has 2 saturated carbocycles. The van der Waals surface area contributed by atoms with Crippen LogP contribution in [0.15, 0.2) is 24.3 Å². The molecule has 1 N–H and O–H groups in total. The first kappa shape index (κ1) is 17.0. The molecule has 3 fully saturated rings. The third-order valence-corrected chi connectivity index (χ3v) is 5.52. The number of rotatable bonds is 5. The molecule has 136 valence electrons. The highest BCUT2D eigenvalue weighted by atomic mass is 16.6. The monoisotopic (exact) mass is 342 g/mol. The Morgan fingerprint density at radius 3 is 2.36 bits per heavy atom. The standard InChI is InChI=1S/C21H30N2O2/c1-20(2,3)25-19(24)16-6-4-15(5-7-16)12-23-13-21(14-23)10-18(11-21)22-17-8-9-17/h4-7,17-18,22H,8-14H2,1-3H3. The normalized spacial score (nSPS) is 23.2. The maximum absolute atomic E-state index is 12.1. The minimum atomic E-state index is -0.448. The molecule has 25 heavy (non-hydrogen) atoms. The van der Waals surface area contributed by atoms with E-state index in [0.717, 1.165) is 18.6 Å². The Bertz CT molecular complexity index is 629. The predicted octanol–water partition coefficient (Wildman–Crippen LogP) is 3.36. The van der Waals surface area contributed by atoms with Gasteiger partial charge in [-0.2, -0.15) is 0 Å². The van der Waals surface area contributed by atoms with Crippen LogP contribution in [0.4, 0.5) is 0 Å². The molecule has 2 aliphatic carbocycles. The number of hydrogen-bond donors (Lipinski definition) is 1. The second kappa shape index (κ2) is 6.10. The van der Waals surface area contributed by atoms with Crippen LogP contribution in [0.2, 0.25) is 0 Å². The van der Waals surface area contributed by atoms with Crippen LogP contribution in [0.25, 0.3) is 0 Å². The van der Waals surface area contributed by atoms with Crippen molar-refractivity contribution in [3.63, 3.8) is 0 Å². The van der Waals surface area contributed by atoms with Crippen molar-refractivity contribution >= 4 is 5.97 Å². The predicted molar refractivity (Wildman–Crippen MR) is 98.5 cm³/mol. The van der Waals surface area contributed by atoms with Crippen molar-refractivity contribution in [1.29, 1.82) is 0 Å². The Balaban J connectivity index is 1.22. The lowest BCUT2D eigenvalue weighted by Gasteiger charge is -2.59. The molecule has 1 saturated heterocycles. The summed E-state index contributed by atoms with van der Waals surface area (Å²) in [5.41, 5.74) is 2.06. The minimum absolute atomic E-state index is 0.245. The van der Waals surface area contributed by atoms with Gasteiger partial charge in [-0.1, -0.05) is 12.1 Å². The second-order valence-electron chi connectivity index (χ2n) is 9.39. The third kappa shape index (κ3) is 4.06. The van der Waals surface area contributed by atoms with Crippen molar-refractivity contribution in [3.05, 3.63) is 35.4 Å². The molecule has 0 aromatic heterocycles. The molecule has 4 nitrogen and oxygen atoms in total. The number of ether oxygens (including phenoxy) is 1. The van der Waals surface area contributed by atoms with E-state index in [4.69, 9.17) is 4.74 Å². The maximum atomic E-state index is 12.1. The lowest BCUT2D eigenvalue weighted by molar-refractivity contribution is -0.0832. The van der Waals surface area contributed by atoms with E-state index in [1.807, 2.05) is 32.9 Å². The Hall–Kier alpha value is -1.39. The van der Waals surface area contributed by atoms with Gasteiger partial charge in [0.05, 0.1) is 5.56 Å². The number of benzene rings is 1. The summed E-state index contributed by atoms with van der Waals surface area (Å²) in [6, 6.07) is 9.51. The molecule has 1 aromatic carbocycles. The SMILES string of the molecule is CC(C)(C)OC(=O)c1ccc(CN2CC3(CC(NC4CC4)C3)C2)cc1. The van der Waals surface area contributed by atoms with Gasteiger partial charge in [0.2, 0.25) is 0 Å². The van der Waals surface area contributed by atoms with E-state index in [1.54, 1.807) is 0 Å². The molecule has 0 bridgehead atoms. The quantitative estimate of drug-likeness (QED) is 0.833. The van der Waals surface area contributed by atoms with Crippen LogP contribution in [0.1, 0.15) is 62.4 Å². The van der Waals surface area contributed by atoms with E-state index in [0.29, 0.717) is 11.0 Å². The highest BCUT2D eigenvalue weighted by molar-refractivity contribution is 5.89. The lowest BCUT2D eigenvalue weighted by Crippen LogP contribution is -2.65. The van der Waals surface area contributed by atoms with E-state index >= 15 is 0 Å². The van der Waals surface area contributed by atoms with Crippen LogP contribution >= 0.6 is 0 Å². The zero-order valence-corrected chi connectivity index (χ0v) is 15.7. The molecular formula is C21H30N2O2. The van der Waals surface area contributed by atoms with Gasteiger partial charge in [0.1, 0.15) is 5.60 Å². The van der Waals surface area contributed by atoms with Crippen LogP contribution in [0.3, 0.4) is 0 Å². The summed E-state index contributed by atoms with van der Waals surface area (Å²) in [6.07, 6.45) is 5.49. The number of carbonyl (C=O) groups excluding carboxylic acids is 1. The average molecular weight is 342 g/mol. The fraction of sp³-hybridized carbons (Fsp3) is 0.667. The number of nitrogens with one attached hydrogen (secondary N) is 1. The van der Waals surface area contributed by atoms with Crippen LogP contribution in [-0.4, -0.2) is 41.6 Å². The van der Waals surface area contributed by atoms with E-state index < -0.39 is 5.60 Å². The van der Waals surface area contributed by atoms with Gasteiger partial charge < -0.3 is 10.1 Å². The van der Waals surface area contributed by atoms with Gasteiger partial charge >= 0.3 is 5.97 Å². The zero-order valence-electron chi connectivity index (χ0n) is 15.7. The van der Waals surface area contributed by atoms with Crippen LogP contribution < -0.4 is 5.32 Å². The number of carbonyl (C=O) groups is 1. The van der Waals surface area contributed by atoms with Gasteiger partial charge in [-0.3, -0.25) is 4.90 Å². The third-order valence-electron chi connectivity index (χ3n) is 5.52. The summed E-state index contributed by atoms with van der Waals surface area (Å²) in [5, 5.41) is 3.75. The van der Waals surface area contributed by atoms with Crippen molar-refractivity contribution in [2.75, 3.05) is 13.1 Å². The number of likely N-dealkylation sites (tertiary alicyclic amines) is 1. The largest absolute Gasteiger partial charge is 0.456 e. The van der Waals surface area contributed by atoms with E-state index in [1.165, 1.54) is 44.3 Å². The first-order valence-electron chi connectivity index (χ1n) is 9.61. The molecule has 4 rings (SSSR count). The van der Waals surface area contributed by atoms with Crippen molar-refractivity contribution in [2.24, 2.45) is 5.41 Å². The summed E-state index contributed by atoms with van der Waals surface area (Å²) >= 11 is 0. The highest BCUT2D eigenvalue weighted by Crippen LogP contribution is 2.49. The Kier molecular flexibility index (Phi) is 4.16. The van der Waals surface area contributed by atoms with E-state index in [-0.39, 0.29) is 5.97 Å². The summed E-state index contributed by atoms with van der Waals surface area (Å²) < 4.78 is 5.41. The molecule has 1 aromatic rings. The lowest BCUT2D eigenvalue weighted by atomic mass is 9.60. The molecule has 3 aliphatic rings. The van der Waals surface area contributed by atoms with Gasteiger partial charge in [0, 0.05) is 31.7 Å². The van der Waals surface area contributed by atoms with Gasteiger partial charge in [-0.15, -0.1) is 0 Å². The van der Waals surface area contributed by atoms with Crippen LogP contribution in [-0.2, 0) is 11.3 Å². The smallest absolute Gasteiger partial charge is 0.338 e. The van der Waals surface area contributed by atoms with Gasteiger partial charge in [0.25, 0.3) is 0 Å². The Morgan fingerprint density at radius 2 is 1.80 bits per heavy atom. The molecular weight excluding hydrogens is 312 g/mol. The summed E-state index contributed by atoms with van der Waals surface area (Å²) in [7, 11) is 0. The minimum Gasteiger partial charge on any atom is -0.456 e. The molecule has 0 amide bonds. The Morgan fingerprint density at radius 1 is 1.16 bits per heavy atom. The summed E-state index contributed by atoms with van der Waals surface area (Å²) in [5.74, 6) is -0.245. The maximum Gasteiger partial charge on any atom is 0.338 e. The second-order valence-corrected chi connectivity index (χ2v) is 9.39. The fourth-order valence-corrected chi connectivity index (χ4v) is 4.30. The number of nitrogens with zero attached hydrogens (tertiary/aromatic N) is 1. The van der Waals surface area contributed by atoms with Gasteiger partial charge in [-0.05, 0) is 69.6 Å². The van der Waals surface area contributed by atoms with Crippen molar-refractivity contribution in [2.45, 2.75) is 70.7 Å². The molecule has 1 heterocycles. The van der Waals surface area contributed by atoms with Gasteiger partial charge in [-0.25, -0.2) is 4.79 Å². The van der Waals surface area contributed by atoms with Crippen molar-refractivity contribution in [3.8, 4) is 0 Å². The topological polar surface area (TPSA) is 41.6 Å². The van der Waals surface area contributed by atoms with E-state index in [2.05, 4.69) is 22.3 Å². The Labute approximate surface area is 150 Å². The van der Waals surface area contributed by atoms with Crippen molar-refractivity contribution < 1.29 is 9.53 Å². The molecule has 4 heteroatoms. The average Bonchev–Trinajstić information content (AvgIpc) is 3.25. The number of esters is 1. The number of hydrogen-bond acceptors (Lipinski definition) is 4. The molecule has 0 unspecified atom stereocenters. The molecule has 1 spiro atoms. The highest BCUT2D eigenvalue weighted by Gasteiger charge is 2.52. The van der Waals surface area contributed by atoms with Gasteiger partial charge in [0.15, 0.2) is 0 Å². The zero-order chi connectivity index (χ0) is 17.7. The molecule has 0 atom stereocenters. The first-order valence-corrected chi connectivity index (χ1v) is 9.61. The van der Waals surface area contributed by atoms with Crippen LogP contribution in [0, 0.1) is 5.41 Å².